The lowest BCUT2D eigenvalue weighted by Gasteiger charge is -2.42. The number of hydrogen-bond donors (Lipinski definition) is 0. The normalized spacial score (nSPS) is 17.3. The topological polar surface area (TPSA) is 61.3 Å². The molecule has 0 N–H and O–H groups in total. The van der Waals surface area contributed by atoms with Crippen LogP contribution in [0.3, 0.4) is 0 Å². The summed E-state index contributed by atoms with van der Waals surface area (Å²) in [4.78, 5) is 13.1. The summed E-state index contributed by atoms with van der Waals surface area (Å²) in [6, 6.07) is 10.2. The van der Waals surface area contributed by atoms with E-state index in [-0.39, 0.29) is 36.2 Å². The molecule has 2 atom stereocenters. The molecule has 6 nitrogen and oxygen atoms in total. The van der Waals surface area contributed by atoms with Gasteiger partial charge in [0.1, 0.15) is 12.2 Å². The largest absolute Gasteiger partial charge is 1.00 e. The SMILES string of the molecule is CCCCCCCCCCCCC(=O)OC(c1ccccc1)[N+]1(C)CCC=C(c2nsnc2OCCCCCC)C1.[I-]. The highest BCUT2D eigenvalue weighted by atomic mass is 127. The van der Waals surface area contributed by atoms with Gasteiger partial charge in [-0.3, -0.25) is 9.28 Å². The summed E-state index contributed by atoms with van der Waals surface area (Å²) in [7, 11) is 2.20. The minimum atomic E-state index is -0.361. The van der Waals surface area contributed by atoms with Gasteiger partial charge in [0, 0.05) is 18.4 Å². The second kappa shape index (κ2) is 21.2. The zero-order chi connectivity index (χ0) is 29.2. The van der Waals surface area contributed by atoms with Gasteiger partial charge in [0.2, 0.25) is 0 Å². The van der Waals surface area contributed by atoms with Crippen LogP contribution < -0.4 is 28.7 Å². The van der Waals surface area contributed by atoms with Crippen molar-refractivity contribution in [1.82, 2.24) is 8.75 Å². The fraction of sp³-hybridized carbons (Fsp3) is 0.676. The van der Waals surface area contributed by atoms with Gasteiger partial charge < -0.3 is 33.5 Å². The number of carbonyl (C=O) groups excluding carboxylic acids is 1. The van der Waals surface area contributed by atoms with E-state index in [2.05, 4.69) is 47.9 Å². The van der Waals surface area contributed by atoms with Gasteiger partial charge in [-0.2, -0.15) is 4.37 Å². The number of likely N-dealkylation sites (N-methyl/N-ethyl adjacent to an activating group) is 1. The third-order valence-corrected chi connectivity index (χ3v) is 8.70. The lowest BCUT2D eigenvalue weighted by Crippen LogP contribution is -3.00. The van der Waals surface area contributed by atoms with Crippen molar-refractivity contribution < 1.29 is 42.7 Å². The number of benzene rings is 1. The highest BCUT2D eigenvalue weighted by Gasteiger charge is 2.40. The number of aromatic nitrogens is 2. The van der Waals surface area contributed by atoms with Crippen molar-refractivity contribution in [2.45, 2.75) is 123 Å². The quantitative estimate of drug-likeness (QED) is 0.0660. The fourth-order valence-corrected chi connectivity index (χ4v) is 6.25. The molecule has 0 amide bonds. The summed E-state index contributed by atoms with van der Waals surface area (Å²) in [5.74, 6) is 0.542. The van der Waals surface area contributed by atoms with Crippen molar-refractivity contribution in [2.24, 2.45) is 0 Å². The molecule has 2 aromatic rings. The van der Waals surface area contributed by atoms with Gasteiger partial charge in [-0.25, -0.2) is 0 Å². The van der Waals surface area contributed by atoms with Gasteiger partial charge in [0.25, 0.3) is 12.1 Å². The van der Waals surface area contributed by atoms with Gasteiger partial charge in [-0.1, -0.05) is 115 Å². The molecule has 3 rings (SSSR count). The van der Waals surface area contributed by atoms with Crippen LogP contribution in [0.1, 0.15) is 134 Å². The van der Waals surface area contributed by atoms with E-state index in [4.69, 9.17) is 9.47 Å². The first kappa shape index (κ1) is 36.7. The lowest BCUT2D eigenvalue weighted by atomic mass is 10.0. The van der Waals surface area contributed by atoms with Crippen molar-refractivity contribution in [1.29, 1.82) is 0 Å². The molecule has 0 bridgehead atoms. The van der Waals surface area contributed by atoms with Crippen LogP contribution in [-0.4, -0.2) is 45.9 Å². The number of nitrogens with zero attached hydrogens (tertiary/aromatic N) is 3. The van der Waals surface area contributed by atoms with Crippen molar-refractivity contribution in [3.63, 3.8) is 0 Å². The highest BCUT2D eigenvalue weighted by molar-refractivity contribution is 6.99. The maximum Gasteiger partial charge on any atom is 0.310 e. The lowest BCUT2D eigenvalue weighted by molar-refractivity contribution is -0.953. The Hall–Kier alpha value is -1.52. The first-order valence-corrected chi connectivity index (χ1v) is 17.0. The molecule has 0 spiro atoms. The summed E-state index contributed by atoms with van der Waals surface area (Å²) >= 11 is 1.21. The zero-order valence-corrected chi connectivity index (χ0v) is 29.3. The number of unbranched alkanes of at least 4 members (excludes halogenated alkanes) is 12. The summed E-state index contributed by atoms with van der Waals surface area (Å²) in [6.07, 6.45) is 20.4. The van der Waals surface area contributed by atoms with Crippen LogP contribution in [0.25, 0.3) is 5.57 Å². The van der Waals surface area contributed by atoms with E-state index in [1.54, 1.807) is 0 Å². The Bertz CT molecular complexity index is 1030. The summed E-state index contributed by atoms with van der Waals surface area (Å²) in [5.41, 5.74) is 3.01. The van der Waals surface area contributed by atoms with E-state index in [0.29, 0.717) is 29.9 Å². The van der Waals surface area contributed by atoms with E-state index in [9.17, 15) is 4.79 Å². The number of carbonyl (C=O) groups is 1. The van der Waals surface area contributed by atoms with Crippen LogP contribution in [0.15, 0.2) is 36.4 Å². The summed E-state index contributed by atoms with van der Waals surface area (Å²) in [6.45, 7) is 6.74. The number of quaternary nitrogens is 1. The molecular formula is C34H54IN3O3S. The zero-order valence-electron chi connectivity index (χ0n) is 26.3. The molecule has 1 aromatic heterocycles. The van der Waals surface area contributed by atoms with Crippen LogP contribution in [-0.2, 0) is 9.53 Å². The van der Waals surface area contributed by atoms with Crippen molar-refractivity contribution in [3.05, 3.63) is 47.7 Å². The molecule has 2 unspecified atom stereocenters. The molecule has 2 heterocycles. The Balaban J connectivity index is 0.00000616. The Labute approximate surface area is 276 Å². The van der Waals surface area contributed by atoms with Gasteiger partial charge in [-0.15, -0.1) is 4.37 Å². The first-order chi connectivity index (χ1) is 20.1. The van der Waals surface area contributed by atoms with E-state index in [0.717, 1.165) is 49.1 Å². The molecule has 42 heavy (non-hydrogen) atoms. The minimum absolute atomic E-state index is 0. The Morgan fingerprint density at radius 1 is 0.881 bits per heavy atom. The van der Waals surface area contributed by atoms with Gasteiger partial charge >= 0.3 is 5.97 Å². The predicted molar refractivity (Wildman–Crippen MR) is 170 cm³/mol. The average molecular weight is 712 g/mol. The fourth-order valence-electron chi connectivity index (χ4n) is 5.72. The second-order valence-electron chi connectivity index (χ2n) is 11.9. The molecule has 1 aliphatic rings. The minimum Gasteiger partial charge on any atom is -1.00 e. The average Bonchev–Trinajstić information content (AvgIpc) is 3.46. The van der Waals surface area contributed by atoms with Crippen molar-refractivity contribution in [3.8, 4) is 5.88 Å². The van der Waals surface area contributed by atoms with Crippen molar-refractivity contribution in [2.75, 3.05) is 26.7 Å². The number of rotatable bonds is 21. The molecule has 0 saturated carbocycles. The first-order valence-electron chi connectivity index (χ1n) is 16.3. The molecule has 1 aliphatic heterocycles. The van der Waals surface area contributed by atoms with E-state index < -0.39 is 0 Å². The van der Waals surface area contributed by atoms with Crippen LogP contribution in [0, 0.1) is 0 Å². The molecule has 236 valence electrons. The maximum absolute atomic E-state index is 13.1. The summed E-state index contributed by atoms with van der Waals surface area (Å²) < 4.78 is 22.0. The summed E-state index contributed by atoms with van der Waals surface area (Å²) in [5, 5.41) is 0. The number of esters is 1. The van der Waals surface area contributed by atoms with Gasteiger partial charge in [0.05, 0.1) is 37.5 Å². The molecule has 0 saturated heterocycles. The smallest absolute Gasteiger partial charge is 0.310 e. The number of hydrogen-bond acceptors (Lipinski definition) is 6. The Kier molecular flexibility index (Phi) is 18.5. The van der Waals surface area contributed by atoms with Crippen LogP contribution >= 0.6 is 11.7 Å². The Morgan fingerprint density at radius 3 is 2.17 bits per heavy atom. The monoisotopic (exact) mass is 711 g/mol. The van der Waals surface area contributed by atoms with E-state index in [1.165, 1.54) is 82.4 Å². The predicted octanol–water partition coefficient (Wildman–Crippen LogP) is 6.29. The molecule has 0 aliphatic carbocycles. The van der Waals surface area contributed by atoms with Crippen LogP contribution in [0.5, 0.6) is 5.88 Å². The number of halogens is 1. The highest BCUT2D eigenvalue weighted by Crippen LogP contribution is 2.37. The molecular weight excluding hydrogens is 657 g/mol. The van der Waals surface area contributed by atoms with Gasteiger partial charge in [0.15, 0.2) is 0 Å². The molecule has 0 fully saturated rings. The third kappa shape index (κ3) is 12.6. The standard InChI is InChI=1S/C34H54N3O3S.HI/c1-4-6-8-10-11-12-13-14-15-19-25-31(38)40-34(29-22-17-16-18-23-29)37(3)26-21-24-30(28-37)32-33(36-41-35-32)39-27-20-9-7-5-2;/h16-18,22-24,34H,4-15,19-21,25-28H2,1-3H3;1H/q+1;/p-1. The molecule has 8 heteroatoms. The Morgan fingerprint density at radius 2 is 1.50 bits per heavy atom. The van der Waals surface area contributed by atoms with E-state index in [1.807, 2.05) is 18.2 Å². The van der Waals surface area contributed by atoms with Crippen LogP contribution in [0.4, 0.5) is 0 Å². The van der Waals surface area contributed by atoms with E-state index >= 15 is 0 Å². The van der Waals surface area contributed by atoms with Crippen molar-refractivity contribution >= 4 is 23.3 Å². The molecule has 0 radical (unpaired) electrons. The second-order valence-corrected chi connectivity index (χ2v) is 12.4. The maximum atomic E-state index is 13.1. The number of ether oxygens (including phenoxy) is 2. The third-order valence-electron chi connectivity index (χ3n) is 8.19. The van der Waals surface area contributed by atoms with Crippen LogP contribution in [0.2, 0.25) is 0 Å². The molecule has 1 aromatic carbocycles. The van der Waals surface area contributed by atoms with Gasteiger partial charge in [-0.05, 0) is 25.0 Å².